The number of rotatable bonds is 5. The average Bonchev–Trinajstić information content (AvgIpc) is 2.50. The second kappa shape index (κ2) is 8.50. The summed E-state index contributed by atoms with van der Waals surface area (Å²) in [5, 5.41) is 15.0. The summed E-state index contributed by atoms with van der Waals surface area (Å²) in [6.45, 7) is 1.67. The fourth-order valence-corrected chi connectivity index (χ4v) is 3.45. The zero-order valence-corrected chi connectivity index (χ0v) is 16.4. The number of hydrogen-bond acceptors (Lipinski definition) is 4. The smallest absolute Gasteiger partial charge is 0.262 e. The molecular weight excluding hydrogens is 463 g/mol. The molecule has 24 heavy (non-hydrogen) atoms. The van der Waals surface area contributed by atoms with Gasteiger partial charge in [-0.25, -0.2) is 0 Å². The Morgan fingerprint density at radius 1 is 1.38 bits per heavy atom. The molecule has 5 nitrogen and oxygen atoms in total. The number of benzene rings is 2. The van der Waals surface area contributed by atoms with E-state index in [9.17, 15) is 4.79 Å². The summed E-state index contributed by atoms with van der Waals surface area (Å²) in [5.74, 6) is 0.0599. The molecule has 0 aliphatic carbocycles. The van der Waals surface area contributed by atoms with Crippen molar-refractivity contribution >= 4 is 61.3 Å². The van der Waals surface area contributed by atoms with Crippen LogP contribution in [0.5, 0.6) is 5.75 Å². The molecular formula is C16H13Br2ClN2O3. The summed E-state index contributed by atoms with van der Waals surface area (Å²) >= 11 is 12.7. The van der Waals surface area contributed by atoms with E-state index in [0.29, 0.717) is 26.5 Å². The predicted octanol–water partition coefficient (Wildman–Crippen LogP) is 5.00. The van der Waals surface area contributed by atoms with E-state index < -0.39 is 0 Å². The van der Waals surface area contributed by atoms with Crippen LogP contribution in [-0.2, 0) is 4.79 Å². The van der Waals surface area contributed by atoms with Crippen LogP contribution in [0.3, 0.4) is 0 Å². The highest BCUT2D eigenvalue weighted by atomic mass is 79.9. The van der Waals surface area contributed by atoms with Crippen LogP contribution < -0.4 is 10.1 Å². The minimum atomic E-state index is -0.336. The van der Waals surface area contributed by atoms with E-state index in [2.05, 4.69) is 42.3 Å². The zero-order chi connectivity index (χ0) is 17.7. The normalized spacial score (nSPS) is 10.8. The summed E-state index contributed by atoms with van der Waals surface area (Å²) in [7, 11) is 0. The van der Waals surface area contributed by atoms with Crippen molar-refractivity contribution in [3.05, 3.63) is 55.4 Å². The lowest BCUT2D eigenvalue weighted by Gasteiger charge is -2.12. The van der Waals surface area contributed by atoms with Crippen molar-refractivity contribution in [3.8, 4) is 5.75 Å². The Morgan fingerprint density at radius 2 is 2.12 bits per heavy atom. The lowest BCUT2D eigenvalue weighted by molar-refractivity contribution is -0.118. The molecule has 8 heteroatoms. The highest BCUT2D eigenvalue weighted by molar-refractivity contribution is 9.11. The van der Waals surface area contributed by atoms with Crippen molar-refractivity contribution in [3.63, 3.8) is 0 Å². The van der Waals surface area contributed by atoms with Crippen LogP contribution in [0.2, 0.25) is 5.02 Å². The van der Waals surface area contributed by atoms with Gasteiger partial charge in [0.1, 0.15) is 5.75 Å². The van der Waals surface area contributed by atoms with E-state index in [4.69, 9.17) is 21.5 Å². The number of ether oxygens (including phenoxy) is 1. The number of nitrogens with one attached hydrogen (secondary N) is 1. The molecule has 0 saturated carbocycles. The minimum Gasteiger partial charge on any atom is -0.482 e. The molecule has 0 aromatic heterocycles. The fourth-order valence-electron chi connectivity index (χ4n) is 1.90. The number of oxime groups is 1. The maximum atomic E-state index is 12.0. The molecule has 1 amide bonds. The number of amides is 1. The fraction of sp³-hybridized carbons (Fsp3) is 0.125. The van der Waals surface area contributed by atoms with Gasteiger partial charge in [0, 0.05) is 20.7 Å². The maximum Gasteiger partial charge on any atom is 0.262 e. The lowest BCUT2D eigenvalue weighted by Crippen LogP contribution is -2.20. The van der Waals surface area contributed by atoms with Crippen LogP contribution in [0.25, 0.3) is 0 Å². The summed E-state index contributed by atoms with van der Waals surface area (Å²) in [5.41, 5.74) is 2.04. The van der Waals surface area contributed by atoms with Gasteiger partial charge in [-0.2, -0.15) is 0 Å². The minimum absolute atomic E-state index is 0.210. The number of aryl methyl sites for hydroxylation is 1. The van der Waals surface area contributed by atoms with Gasteiger partial charge in [0.25, 0.3) is 5.91 Å². The summed E-state index contributed by atoms with van der Waals surface area (Å²) in [6, 6.07) is 8.73. The second-order valence-corrected chi connectivity index (χ2v) is 7.03. The van der Waals surface area contributed by atoms with Gasteiger partial charge in [-0.3, -0.25) is 4.79 Å². The van der Waals surface area contributed by atoms with Crippen molar-refractivity contribution in [2.45, 2.75) is 6.92 Å². The van der Waals surface area contributed by atoms with Gasteiger partial charge >= 0.3 is 0 Å². The van der Waals surface area contributed by atoms with Crippen molar-refractivity contribution in [2.24, 2.45) is 5.16 Å². The Labute approximate surface area is 160 Å². The van der Waals surface area contributed by atoms with Crippen LogP contribution in [0.15, 0.2) is 44.4 Å². The van der Waals surface area contributed by atoms with E-state index >= 15 is 0 Å². The third kappa shape index (κ3) is 4.96. The van der Waals surface area contributed by atoms with Gasteiger partial charge in [0.2, 0.25) is 0 Å². The number of halogens is 3. The Balaban J connectivity index is 2.07. The molecule has 2 rings (SSSR count). The summed E-state index contributed by atoms with van der Waals surface area (Å²) < 4.78 is 6.94. The molecule has 0 atom stereocenters. The van der Waals surface area contributed by atoms with E-state index in [1.165, 1.54) is 6.21 Å². The lowest BCUT2D eigenvalue weighted by atomic mass is 10.2. The first kappa shape index (κ1) is 18.8. The number of carbonyl (C=O) groups is 1. The Morgan fingerprint density at radius 3 is 2.79 bits per heavy atom. The third-order valence-corrected chi connectivity index (χ3v) is 4.49. The Hall–Kier alpha value is -1.57. The maximum absolute atomic E-state index is 12.0. The van der Waals surface area contributed by atoms with Gasteiger partial charge < -0.3 is 15.3 Å². The van der Waals surface area contributed by atoms with Crippen molar-refractivity contribution in [2.75, 3.05) is 11.9 Å². The third-order valence-electron chi connectivity index (χ3n) is 3.04. The quantitative estimate of drug-likeness (QED) is 0.363. The molecule has 0 aliphatic rings. The van der Waals surface area contributed by atoms with Crippen LogP contribution in [-0.4, -0.2) is 23.9 Å². The Kier molecular flexibility index (Phi) is 6.65. The molecule has 2 aromatic rings. The molecule has 0 unspecified atom stereocenters. The average molecular weight is 477 g/mol. The van der Waals surface area contributed by atoms with Gasteiger partial charge in [-0.1, -0.05) is 38.8 Å². The van der Waals surface area contributed by atoms with E-state index in [-0.39, 0.29) is 12.5 Å². The molecule has 0 bridgehead atoms. The first-order valence-electron chi connectivity index (χ1n) is 6.76. The highest BCUT2D eigenvalue weighted by Gasteiger charge is 2.12. The van der Waals surface area contributed by atoms with Gasteiger partial charge in [-0.15, -0.1) is 0 Å². The molecule has 0 saturated heterocycles. The highest BCUT2D eigenvalue weighted by Crippen LogP contribution is 2.32. The van der Waals surface area contributed by atoms with Gasteiger partial charge in [-0.05, 0) is 52.7 Å². The SMILES string of the molecule is Cc1ccc(NC(=O)COc2c(Br)cc(Br)cc2/C=N/O)cc1Cl. The Bertz CT molecular complexity index is 797. The van der Waals surface area contributed by atoms with Crippen molar-refractivity contribution in [1.29, 1.82) is 0 Å². The number of nitrogens with zero attached hydrogens (tertiary/aromatic N) is 1. The number of hydrogen-bond donors (Lipinski definition) is 2. The predicted molar refractivity (Wildman–Crippen MR) is 102 cm³/mol. The van der Waals surface area contributed by atoms with E-state index in [1.54, 1.807) is 24.3 Å². The van der Waals surface area contributed by atoms with E-state index in [1.807, 2.05) is 13.0 Å². The molecule has 0 spiro atoms. The second-order valence-electron chi connectivity index (χ2n) is 4.85. The van der Waals surface area contributed by atoms with Crippen LogP contribution in [0, 0.1) is 6.92 Å². The standard InChI is InChI=1S/C16H13Br2ClN2O3/c1-9-2-3-12(6-14(9)19)21-15(22)8-24-16-10(7-20-23)4-11(17)5-13(16)18/h2-7,23H,8H2,1H3,(H,21,22)/b20-7+. The topological polar surface area (TPSA) is 70.9 Å². The van der Waals surface area contributed by atoms with Crippen LogP contribution >= 0.6 is 43.5 Å². The molecule has 126 valence electrons. The summed E-state index contributed by atoms with van der Waals surface area (Å²) in [4.78, 5) is 12.0. The van der Waals surface area contributed by atoms with Gasteiger partial charge in [0.15, 0.2) is 6.61 Å². The van der Waals surface area contributed by atoms with Crippen molar-refractivity contribution in [1.82, 2.24) is 0 Å². The first-order chi connectivity index (χ1) is 11.4. The number of carbonyl (C=O) groups excluding carboxylic acids is 1. The largest absolute Gasteiger partial charge is 0.482 e. The molecule has 0 aliphatic heterocycles. The first-order valence-corrected chi connectivity index (χ1v) is 8.72. The molecule has 0 heterocycles. The number of anilines is 1. The van der Waals surface area contributed by atoms with Gasteiger partial charge in [0.05, 0.1) is 10.7 Å². The molecule has 2 N–H and O–H groups in total. The van der Waals surface area contributed by atoms with Crippen LogP contribution in [0.1, 0.15) is 11.1 Å². The zero-order valence-electron chi connectivity index (χ0n) is 12.5. The molecule has 0 radical (unpaired) electrons. The van der Waals surface area contributed by atoms with Crippen molar-refractivity contribution < 1.29 is 14.7 Å². The van der Waals surface area contributed by atoms with Crippen LogP contribution in [0.4, 0.5) is 5.69 Å². The monoisotopic (exact) mass is 474 g/mol. The molecule has 2 aromatic carbocycles. The van der Waals surface area contributed by atoms with E-state index in [0.717, 1.165) is 10.0 Å². The summed E-state index contributed by atoms with van der Waals surface area (Å²) in [6.07, 6.45) is 1.22. The molecule has 0 fully saturated rings.